The molecule has 1 aromatic heterocycles. The van der Waals surface area contributed by atoms with Crippen molar-refractivity contribution in [3.63, 3.8) is 0 Å². The third kappa shape index (κ3) is 4.42. The van der Waals surface area contributed by atoms with Gasteiger partial charge in [0.25, 0.3) is 0 Å². The van der Waals surface area contributed by atoms with E-state index in [2.05, 4.69) is 28.7 Å². The fourth-order valence-corrected chi connectivity index (χ4v) is 1.56. The van der Waals surface area contributed by atoms with E-state index in [1.54, 1.807) is 0 Å². The molecule has 1 heterocycles. The van der Waals surface area contributed by atoms with Gasteiger partial charge in [-0.2, -0.15) is 0 Å². The Bertz CT molecular complexity index is 218. The molecule has 0 aromatic carbocycles. The third-order valence-corrected chi connectivity index (χ3v) is 2.37. The van der Waals surface area contributed by atoms with Gasteiger partial charge in [-0.1, -0.05) is 13.3 Å². The molecule has 80 valence electrons. The zero-order valence-corrected chi connectivity index (χ0v) is 9.24. The monoisotopic (exact) mass is 195 g/mol. The van der Waals surface area contributed by atoms with E-state index in [1.165, 1.54) is 19.3 Å². The van der Waals surface area contributed by atoms with Crippen molar-refractivity contribution in [2.75, 3.05) is 6.54 Å². The van der Waals surface area contributed by atoms with Crippen LogP contribution in [0.3, 0.4) is 0 Å². The zero-order chi connectivity index (χ0) is 10.2. The largest absolute Gasteiger partial charge is 0.337 e. The second-order valence-corrected chi connectivity index (χ2v) is 3.80. The minimum Gasteiger partial charge on any atom is -0.337 e. The molecule has 0 aliphatic rings. The standard InChI is InChI=1S/C11H21N3/c1-3-5-11(2)13-6-4-8-14-9-7-12-10-14/h7,9-11,13H,3-6,8H2,1-2H3. The summed E-state index contributed by atoms with van der Waals surface area (Å²) in [7, 11) is 0. The van der Waals surface area contributed by atoms with E-state index >= 15 is 0 Å². The molecule has 0 spiro atoms. The fourth-order valence-electron chi connectivity index (χ4n) is 1.56. The highest BCUT2D eigenvalue weighted by atomic mass is 15.0. The van der Waals surface area contributed by atoms with Crippen LogP contribution in [0.15, 0.2) is 18.7 Å². The molecule has 1 rings (SSSR count). The van der Waals surface area contributed by atoms with Gasteiger partial charge in [0.15, 0.2) is 0 Å². The summed E-state index contributed by atoms with van der Waals surface area (Å²) in [5, 5.41) is 3.51. The molecule has 14 heavy (non-hydrogen) atoms. The normalized spacial score (nSPS) is 13.0. The summed E-state index contributed by atoms with van der Waals surface area (Å²) in [6, 6.07) is 0.655. The predicted molar refractivity (Wildman–Crippen MR) is 59.2 cm³/mol. The number of imidazole rings is 1. The average molecular weight is 195 g/mol. The van der Waals surface area contributed by atoms with Crippen LogP contribution in [0, 0.1) is 0 Å². The Labute approximate surface area is 86.5 Å². The first kappa shape index (κ1) is 11.2. The topological polar surface area (TPSA) is 29.9 Å². The Morgan fingerprint density at radius 3 is 3.00 bits per heavy atom. The lowest BCUT2D eigenvalue weighted by Crippen LogP contribution is -2.27. The summed E-state index contributed by atoms with van der Waals surface area (Å²) < 4.78 is 2.12. The van der Waals surface area contributed by atoms with Crippen molar-refractivity contribution in [3.8, 4) is 0 Å². The first-order chi connectivity index (χ1) is 6.83. The van der Waals surface area contributed by atoms with Crippen molar-refractivity contribution in [2.45, 2.75) is 45.7 Å². The highest BCUT2D eigenvalue weighted by Crippen LogP contribution is 1.95. The van der Waals surface area contributed by atoms with Gasteiger partial charge in [0.1, 0.15) is 0 Å². The Hall–Kier alpha value is -0.830. The van der Waals surface area contributed by atoms with Crippen molar-refractivity contribution in [1.82, 2.24) is 14.9 Å². The first-order valence-corrected chi connectivity index (χ1v) is 5.52. The molecule has 0 amide bonds. The van der Waals surface area contributed by atoms with Gasteiger partial charge >= 0.3 is 0 Å². The Kier molecular flexibility index (Phi) is 5.30. The molecule has 3 nitrogen and oxygen atoms in total. The molecule has 0 bridgehead atoms. The smallest absolute Gasteiger partial charge is 0.0945 e. The van der Waals surface area contributed by atoms with Gasteiger partial charge < -0.3 is 9.88 Å². The molecule has 0 saturated carbocycles. The fraction of sp³-hybridized carbons (Fsp3) is 0.727. The molecule has 0 aliphatic heterocycles. The zero-order valence-electron chi connectivity index (χ0n) is 9.24. The third-order valence-electron chi connectivity index (χ3n) is 2.37. The Morgan fingerprint density at radius 2 is 2.36 bits per heavy atom. The Balaban J connectivity index is 1.99. The lowest BCUT2D eigenvalue weighted by molar-refractivity contribution is 0.485. The van der Waals surface area contributed by atoms with Gasteiger partial charge in [0.2, 0.25) is 0 Å². The van der Waals surface area contributed by atoms with Crippen molar-refractivity contribution in [3.05, 3.63) is 18.7 Å². The summed E-state index contributed by atoms with van der Waals surface area (Å²) in [6.45, 7) is 6.63. The number of hydrogen-bond acceptors (Lipinski definition) is 2. The number of aromatic nitrogens is 2. The molecule has 3 heteroatoms. The van der Waals surface area contributed by atoms with Crippen LogP contribution in [-0.4, -0.2) is 22.1 Å². The number of nitrogens with zero attached hydrogens (tertiary/aromatic N) is 2. The van der Waals surface area contributed by atoms with Crippen LogP contribution >= 0.6 is 0 Å². The number of hydrogen-bond donors (Lipinski definition) is 1. The molecule has 0 fully saturated rings. The molecule has 1 atom stereocenters. The van der Waals surface area contributed by atoms with E-state index in [-0.39, 0.29) is 0 Å². The van der Waals surface area contributed by atoms with Crippen molar-refractivity contribution in [1.29, 1.82) is 0 Å². The summed E-state index contributed by atoms with van der Waals surface area (Å²) in [5.74, 6) is 0. The molecular formula is C11H21N3. The van der Waals surface area contributed by atoms with Gasteiger partial charge in [-0.15, -0.1) is 0 Å². The van der Waals surface area contributed by atoms with Crippen molar-refractivity contribution < 1.29 is 0 Å². The van der Waals surface area contributed by atoms with Crippen LogP contribution in [0.1, 0.15) is 33.1 Å². The number of rotatable bonds is 7. The molecule has 1 unspecified atom stereocenters. The van der Waals surface area contributed by atoms with Crippen LogP contribution in [0.4, 0.5) is 0 Å². The maximum Gasteiger partial charge on any atom is 0.0945 e. The highest BCUT2D eigenvalue weighted by Gasteiger charge is 1.98. The minimum atomic E-state index is 0.655. The van der Waals surface area contributed by atoms with Crippen LogP contribution in [0.5, 0.6) is 0 Å². The predicted octanol–water partition coefficient (Wildman–Crippen LogP) is 2.05. The highest BCUT2D eigenvalue weighted by molar-refractivity contribution is 4.73. The van der Waals surface area contributed by atoms with E-state index in [0.717, 1.165) is 13.1 Å². The molecule has 1 aromatic rings. The van der Waals surface area contributed by atoms with Gasteiger partial charge in [0, 0.05) is 25.0 Å². The minimum absolute atomic E-state index is 0.655. The van der Waals surface area contributed by atoms with Gasteiger partial charge in [-0.3, -0.25) is 0 Å². The van der Waals surface area contributed by atoms with Gasteiger partial charge in [-0.05, 0) is 26.3 Å². The van der Waals surface area contributed by atoms with E-state index in [1.807, 2.05) is 18.7 Å². The summed E-state index contributed by atoms with van der Waals surface area (Å²) in [5.41, 5.74) is 0. The summed E-state index contributed by atoms with van der Waals surface area (Å²) in [6.07, 6.45) is 9.41. The Morgan fingerprint density at radius 1 is 1.50 bits per heavy atom. The lowest BCUT2D eigenvalue weighted by Gasteiger charge is -2.12. The van der Waals surface area contributed by atoms with Crippen LogP contribution in [0.2, 0.25) is 0 Å². The molecule has 0 radical (unpaired) electrons. The van der Waals surface area contributed by atoms with E-state index in [4.69, 9.17) is 0 Å². The maximum atomic E-state index is 4.01. The molecule has 0 aliphatic carbocycles. The summed E-state index contributed by atoms with van der Waals surface area (Å²) >= 11 is 0. The van der Waals surface area contributed by atoms with Crippen LogP contribution < -0.4 is 5.32 Å². The van der Waals surface area contributed by atoms with Gasteiger partial charge in [0.05, 0.1) is 6.33 Å². The van der Waals surface area contributed by atoms with Crippen molar-refractivity contribution >= 4 is 0 Å². The maximum absolute atomic E-state index is 4.01. The lowest BCUT2D eigenvalue weighted by atomic mass is 10.2. The van der Waals surface area contributed by atoms with Crippen LogP contribution in [-0.2, 0) is 6.54 Å². The second-order valence-electron chi connectivity index (χ2n) is 3.80. The van der Waals surface area contributed by atoms with Crippen molar-refractivity contribution in [2.24, 2.45) is 0 Å². The number of nitrogens with one attached hydrogen (secondary N) is 1. The SMILES string of the molecule is CCCC(C)NCCCn1ccnc1. The molecule has 0 saturated heterocycles. The second kappa shape index (κ2) is 6.60. The van der Waals surface area contributed by atoms with E-state index < -0.39 is 0 Å². The number of aryl methyl sites for hydroxylation is 1. The average Bonchev–Trinajstić information content (AvgIpc) is 2.65. The summed E-state index contributed by atoms with van der Waals surface area (Å²) in [4.78, 5) is 4.01. The molecule has 1 N–H and O–H groups in total. The quantitative estimate of drug-likeness (QED) is 0.675. The first-order valence-electron chi connectivity index (χ1n) is 5.52. The van der Waals surface area contributed by atoms with Gasteiger partial charge in [-0.25, -0.2) is 4.98 Å². The van der Waals surface area contributed by atoms with E-state index in [0.29, 0.717) is 6.04 Å². The van der Waals surface area contributed by atoms with E-state index in [9.17, 15) is 0 Å². The van der Waals surface area contributed by atoms with Crippen LogP contribution in [0.25, 0.3) is 0 Å². The molecular weight excluding hydrogens is 174 g/mol.